The van der Waals surface area contributed by atoms with Crippen LogP contribution in [0.15, 0.2) is 36.5 Å². The van der Waals surface area contributed by atoms with Crippen LogP contribution in [0.1, 0.15) is 26.2 Å². The van der Waals surface area contributed by atoms with Crippen molar-refractivity contribution in [1.82, 2.24) is 4.98 Å². The van der Waals surface area contributed by atoms with Crippen LogP contribution in [0.25, 0.3) is 10.9 Å². The number of ether oxygens (including phenoxy) is 1. The normalized spacial score (nSPS) is 12.6. The summed E-state index contributed by atoms with van der Waals surface area (Å²) in [5.74, 6) is 0.819. The van der Waals surface area contributed by atoms with Crippen LogP contribution in [0, 0.1) is 0 Å². The van der Waals surface area contributed by atoms with Gasteiger partial charge in [-0.15, -0.1) is 0 Å². The van der Waals surface area contributed by atoms with E-state index >= 15 is 0 Å². The number of para-hydroxylation sites is 1. The molecule has 3 nitrogen and oxygen atoms in total. The summed E-state index contributed by atoms with van der Waals surface area (Å²) in [5.41, 5.74) is 0.899. The highest BCUT2D eigenvalue weighted by Crippen LogP contribution is 2.23. The summed E-state index contributed by atoms with van der Waals surface area (Å²) in [5, 5.41) is 10.5. The van der Waals surface area contributed by atoms with Gasteiger partial charge in [0.05, 0.1) is 12.7 Å². The average Bonchev–Trinajstić information content (AvgIpc) is 2.43. The van der Waals surface area contributed by atoms with E-state index < -0.39 is 0 Å². The van der Waals surface area contributed by atoms with Crippen molar-refractivity contribution in [2.24, 2.45) is 0 Å². The van der Waals surface area contributed by atoms with Gasteiger partial charge in [0.1, 0.15) is 11.3 Å². The minimum absolute atomic E-state index is 0.209. The van der Waals surface area contributed by atoms with E-state index in [0.29, 0.717) is 6.61 Å². The summed E-state index contributed by atoms with van der Waals surface area (Å²) in [4.78, 5) is 4.34. The average molecular weight is 245 g/mol. The van der Waals surface area contributed by atoms with Crippen LogP contribution in [0.5, 0.6) is 5.75 Å². The van der Waals surface area contributed by atoms with Gasteiger partial charge in [-0.1, -0.05) is 25.1 Å². The fourth-order valence-electron chi connectivity index (χ4n) is 1.90. The van der Waals surface area contributed by atoms with Crippen LogP contribution in [-0.4, -0.2) is 22.8 Å². The first-order valence-corrected chi connectivity index (χ1v) is 6.46. The Bertz CT molecular complexity index is 493. The van der Waals surface area contributed by atoms with E-state index in [0.717, 1.165) is 35.9 Å². The van der Waals surface area contributed by atoms with E-state index in [1.807, 2.05) is 37.3 Å². The molecular weight excluding hydrogens is 226 g/mol. The van der Waals surface area contributed by atoms with E-state index in [1.165, 1.54) is 0 Å². The van der Waals surface area contributed by atoms with Gasteiger partial charge in [0, 0.05) is 11.6 Å². The highest BCUT2D eigenvalue weighted by molar-refractivity contribution is 5.84. The lowest BCUT2D eigenvalue weighted by Gasteiger charge is -2.10. The topological polar surface area (TPSA) is 42.4 Å². The molecule has 1 heterocycles. The summed E-state index contributed by atoms with van der Waals surface area (Å²) >= 11 is 0. The summed E-state index contributed by atoms with van der Waals surface area (Å²) < 4.78 is 5.74. The Morgan fingerprint density at radius 2 is 2.11 bits per heavy atom. The third-order valence-electron chi connectivity index (χ3n) is 3.01. The number of fused-ring (bicyclic) bond motifs is 1. The lowest BCUT2D eigenvalue weighted by atomic mass is 10.1. The SMILES string of the molecule is CCC(O)CCCOc1cccc2cccnc12. The maximum atomic E-state index is 9.46. The van der Waals surface area contributed by atoms with Crippen molar-refractivity contribution in [3.63, 3.8) is 0 Å². The molecular formula is C15H19NO2. The molecule has 0 spiro atoms. The van der Waals surface area contributed by atoms with Crippen molar-refractivity contribution in [2.75, 3.05) is 6.61 Å². The fraction of sp³-hybridized carbons (Fsp3) is 0.400. The minimum atomic E-state index is -0.209. The predicted octanol–water partition coefficient (Wildman–Crippen LogP) is 3.16. The van der Waals surface area contributed by atoms with E-state index in [9.17, 15) is 5.11 Å². The van der Waals surface area contributed by atoms with E-state index in [4.69, 9.17) is 4.74 Å². The van der Waals surface area contributed by atoms with Crippen LogP contribution in [0.4, 0.5) is 0 Å². The second-order valence-corrected chi connectivity index (χ2v) is 4.38. The van der Waals surface area contributed by atoms with Gasteiger partial charge >= 0.3 is 0 Å². The first kappa shape index (κ1) is 12.8. The number of aromatic nitrogens is 1. The lowest BCUT2D eigenvalue weighted by Crippen LogP contribution is -2.07. The molecule has 96 valence electrons. The Kier molecular flexibility index (Phi) is 4.53. The molecule has 1 aromatic heterocycles. The minimum Gasteiger partial charge on any atom is -0.491 e. The first-order valence-electron chi connectivity index (χ1n) is 6.46. The quantitative estimate of drug-likeness (QED) is 0.795. The van der Waals surface area contributed by atoms with Gasteiger partial charge in [0.15, 0.2) is 0 Å². The molecule has 1 unspecified atom stereocenters. The molecule has 1 N–H and O–H groups in total. The second kappa shape index (κ2) is 6.36. The number of hydrogen-bond donors (Lipinski definition) is 1. The van der Waals surface area contributed by atoms with Crippen LogP contribution in [0.3, 0.4) is 0 Å². The van der Waals surface area contributed by atoms with Crippen LogP contribution < -0.4 is 4.74 Å². The summed E-state index contributed by atoms with van der Waals surface area (Å²) in [6.07, 6.45) is 4.01. The smallest absolute Gasteiger partial charge is 0.145 e. The van der Waals surface area contributed by atoms with E-state index in [-0.39, 0.29) is 6.10 Å². The Labute approximate surface area is 107 Å². The highest BCUT2D eigenvalue weighted by atomic mass is 16.5. The summed E-state index contributed by atoms with van der Waals surface area (Å²) in [7, 11) is 0. The zero-order chi connectivity index (χ0) is 12.8. The number of rotatable bonds is 6. The molecule has 0 aliphatic rings. The standard InChI is InChI=1S/C15H19NO2/c1-2-13(17)8-5-11-18-14-9-3-6-12-7-4-10-16-15(12)14/h3-4,6-7,9-10,13,17H,2,5,8,11H2,1H3. The van der Waals surface area contributed by atoms with E-state index in [1.54, 1.807) is 6.20 Å². The predicted molar refractivity (Wildman–Crippen MR) is 72.8 cm³/mol. The molecule has 1 atom stereocenters. The van der Waals surface area contributed by atoms with E-state index in [2.05, 4.69) is 4.98 Å². The number of aliphatic hydroxyl groups is 1. The first-order chi connectivity index (χ1) is 8.81. The van der Waals surface area contributed by atoms with Crippen LogP contribution in [0.2, 0.25) is 0 Å². The van der Waals surface area contributed by atoms with Gasteiger partial charge < -0.3 is 9.84 Å². The fourth-order valence-corrected chi connectivity index (χ4v) is 1.90. The molecule has 2 rings (SSSR count). The summed E-state index contributed by atoms with van der Waals surface area (Å²) in [6, 6.07) is 9.88. The second-order valence-electron chi connectivity index (χ2n) is 4.38. The molecule has 0 amide bonds. The number of benzene rings is 1. The maximum absolute atomic E-state index is 9.46. The summed E-state index contributed by atoms with van der Waals surface area (Å²) in [6.45, 7) is 2.60. The Hall–Kier alpha value is -1.61. The monoisotopic (exact) mass is 245 g/mol. The molecule has 18 heavy (non-hydrogen) atoms. The van der Waals surface area contributed by atoms with Crippen molar-refractivity contribution >= 4 is 10.9 Å². The van der Waals surface area contributed by atoms with Gasteiger partial charge in [-0.05, 0) is 31.4 Å². The Morgan fingerprint density at radius 1 is 1.28 bits per heavy atom. The molecule has 0 bridgehead atoms. The molecule has 0 aliphatic heterocycles. The number of aliphatic hydroxyl groups excluding tert-OH is 1. The van der Waals surface area contributed by atoms with Gasteiger partial charge in [-0.2, -0.15) is 0 Å². The molecule has 0 aliphatic carbocycles. The molecule has 3 heteroatoms. The number of hydrogen-bond acceptors (Lipinski definition) is 3. The van der Waals surface area contributed by atoms with Crippen molar-refractivity contribution < 1.29 is 9.84 Å². The zero-order valence-corrected chi connectivity index (χ0v) is 10.7. The Balaban J connectivity index is 1.95. The third kappa shape index (κ3) is 3.20. The molecule has 0 saturated carbocycles. The highest BCUT2D eigenvalue weighted by Gasteiger charge is 2.04. The molecule has 0 fully saturated rings. The van der Waals surface area contributed by atoms with Gasteiger partial charge in [-0.25, -0.2) is 0 Å². The molecule has 0 radical (unpaired) electrons. The number of nitrogens with zero attached hydrogens (tertiary/aromatic N) is 1. The lowest BCUT2D eigenvalue weighted by molar-refractivity contribution is 0.149. The van der Waals surface area contributed by atoms with Crippen molar-refractivity contribution in [1.29, 1.82) is 0 Å². The number of pyridine rings is 1. The molecule has 2 aromatic rings. The zero-order valence-electron chi connectivity index (χ0n) is 10.7. The third-order valence-corrected chi connectivity index (χ3v) is 3.01. The molecule has 1 aromatic carbocycles. The maximum Gasteiger partial charge on any atom is 0.145 e. The van der Waals surface area contributed by atoms with Gasteiger partial charge in [0.2, 0.25) is 0 Å². The van der Waals surface area contributed by atoms with Crippen LogP contribution in [-0.2, 0) is 0 Å². The van der Waals surface area contributed by atoms with Gasteiger partial charge in [0.25, 0.3) is 0 Å². The Morgan fingerprint density at radius 3 is 2.94 bits per heavy atom. The van der Waals surface area contributed by atoms with Crippen molar-refractivity contribution in [3.8, 4) is 5.75 Å². The largest absolute Gasteiger partial charge is 0.491 e. The molecule has 0 saturated heterocycles. The van der Waals surface area contributed by atoms with Gasteiger partial charge in [-0.3, -0.25) is 4.98 Å². The van der Waals surface area contributed by atoms with Crippen molar-refractivity contribution in [2.45, 2.75) is 32.3 Å². The van der Waals surface area contributed by atoms with Crippen LogP contribution >= 0.6 is 0 Å². The van der Waals surface area contributed by atoms with Crippen molar-refractivity contribution in [3.05, 3.63) is 36.5 Å².